The van der Waals surface area contributed by atoms with Gasteiger partial charge >= 0.3 is 0 Å². The lowest BCUT2D eigenvalue weighted by molar-refractivity contribution is -0.385. The zero-order valence-electron chi connectivity index (χ0n) is 9.64. The molecule has 0 N–H and O–H groups in total. The van der Waals surface area contributed by atoms with E-state index in [2.05, 4.69) is 4.98 Å². The van der Waals surface area contributed by atoms with Crippen molar-refractivity contribution in [1.29, 1.82) is 0 Å². The van der Waals surface area contributed by atoms with Crippen molar-refractivity contribution in [3.8, 4) is 10.9 Å². The highest BCUT2D eigenvalue weighted by atomic mass is 35.5. The smallest absolute Gasteiger partial charge is 0.280 e. The Kier molecular flexibility index (Phi) is 3.49. The Hall–Kier alpha value is -1.66. The molecule has 0 saturated carbocycles. The normalized spacial score (nSPS) is 10.4. The molecular weight excluding hydrogens is 276 g/mol. The zero-order chi connectivity index (χ0) is 13.3. The average molecular weight is 285 g/mol. The first-order chi connectivity index (χ1) is 8.47. The van der Waals surface area contributed by atoms with Gasteiger partial charge in [-0.25, -0.2) is 0 Å². The van der Waals surface area contributed by atoms with Gasteiger partial charge in [0.25, 0.3) is 10.9 Å². The van der Waals surface area contributed by atoms with E-state index in [4.69, 9.17) is 16.3 Å². The van der Waals surface area contributed by atoms with Crippen LogP contribution in [0.2, 0.25) is 5.15 Å². The van der Waals surface area contributed by atoms with E-state index in [-0.39, 0.29) is 5.69 Å². The largest absolute Gasteiger partial charge is 0.431 e. The third-order valence-electron chi connectivity index (χ3n) is 2.34. The van der Waals surface area contributed by atoms with Crippen LogP contribution in [0.4, 0.5) is 5.69 Å². The lowest BCUT2D eigenvalue weighted by Gasteiger charge is -2.07. The second-order valence-electron chi connectivity index (χ2n) is 3.70. The van der Waals surface area contributed by atoms with Crippen LogP contribution in [0.15, 0.2) is 17.5 Å². The molecule has 0 radical (unpaired) electrons. The van der Waals surface area contributed by atoms with Crippen LogP contribution >= 0.6 is 22.9 Å². The molecule has 2 aromatic rings. The fourth-order valence-electron chi connectivity index (χ4n) is 1.46. The summed E-state index contributed by atoms with van der Waals surface area (Å²) in [5.41, 5.74) is 1.30. The van der Waals surface area contributed by atoms with Crippen LogP contribution in [0.5, 0.6) is 10.9 Å². The molecule has 0 aliphatic carbocycles. The van der Waals surface area contributed by atoms with Crippen molar-refractivity contribution in [2.45, 2.75) is 13.8 Å². The van der Waals surface area contributed by atoms with Crippen molar-refractivity contribution in [3.63, 3.8) is 0 Å². The summed E-state index contributed by atoms with van der Waals surface area (Å²) < 4.78 is 5.55. The second kappa shape index (κ2) is 4.91. The molecule has 0 amide bonds. The Labute approximate surface area is 112 Å². The van der Waals surface area contributed by atoms with Crippen LogP contribution in [0.1, 0.15) is 11.1 Å². The van der Waals surface area contributed by atoms with Gasteiger partial charge in [-0.15, -0.1) is 0 Å². The van der Waals surface area contributed by atoms with E-state index in [0.29, 0.717) is 27.2 Å². The molecule has 1 heterocycles. The van der Waals surface area contributed by atoms with Crippen LogP contribution in [-0.4, -0.2) is 9.91 Å². The van der Waals surface area contributed by atoms with Crippen LogP contribution in [-0.2, 0) is 0 Å². The molecule has 0 spiro atoms. The molecule has 7 heteroatoms. The fraction of sp³-hybridized carbons (Fsp3) is 0.182. The SMILES string of the molecule is Cc1cc([N+](=O)[O-])c(C)cc1Oc1nc(Cl)cs1. The number of nitro groups is 1. The van der Waals surface area contributed by atoms with Gasteiger partial charge in [-0.05, 0) is 25.5 Å². The number of nitro benzene ring substituents is 1. The Bertz CT molecular complexity index is 612. The number of hydrogen-bond donors (Lipinski definition) is 0. The molecule has 1 aromatic carbocycles. The minimum atomic E-state index is -0.410. The van der Waals surface area contributed by atoms with Crippen LogP contribution in [0.25, 0.3) is 0 Å². The quantitative estimate of drug-likeness (QED) is 0.628. The standard InChI is InChI=1S/C11H9ClN2O3S/c1-6-4-9(7(2)3-8(6)14(15)16)17-11-13-10(12)5-18-11/h3-5H,1-2H3. The number of ether oxygens (including phenoxy) is 1. The highest BCUT2D eigenvalue weighted by molar-refractivity contribution is 7.11. The first kappa shape index (κ1) is 12.8. The number of thiazole rings is 1. The topological polar surface area (TPSA) is 65.3 Å². The van der Waals surface area contributed by atoms with Crippen molar-refractivity contribution >= 4 is 28.6 Å². The van der Waals surface area contributed by atoms with E-state index in [1.165, 1.54) is 17.4 Å². The van der Waals surface area contributed by atoms with E-state index in [1.54, 1.807) is 25.3 Å². The fourth-order valence-corrected chi connectivity index (χ4v) is 2.26. The van der Waals surface area contributed by atoms with Crippen molar-refractivity contribution < 1.29 is 9.66 Å². The summed E-state index contributed by atoms with van der Waals surface area (Å²) in [4.78, 5) is 14.3. The van der Waals surface area contributed by atoms with E-state index < -0.39 is 4.92 Å². The number of aryl methyl sites for hydroxylation is 2. The summed E-state index contributed by atoms with van der Waals surface area (Å²) in [5.74, 6) is 0.545. The molecule has 0 bridgehead atoms. The molecule has 0 fully saturated rings. The molecule has 0 saturated heterocycles. The molecule has 18 heavy (non-hydrogen) atoms. The van der Waals surface area contributed by atoms with Crippen molar-refractivity contribution in [2.24, 2.45) is 0 Å². The first-order valence-corrected chi connectivity index (χ1v) is 6.27. The van der Waals surface area contributed by atoms with Gasteiger partial charge in [-0.1, -0.05) is 22.9 Å². The second-order valence-corrected chi connectivity index (χ2v) is 4.91. The zero-order valence-corrected chi connectivity index (χ0v) is 11.2. The first-order valence-electron chi connectivity index (χ1n) is 5.02. The molecule has 1 aromatic heterocycles. The molecule has 2 rings (SSSR count). The maximum atomic E-state index is 10.8. The molecule has 94 valence electrons. The van der Waals surface area contributed by atoms with Crippen molar-refractivity contribution in [2.75, 3.05) is 0 Å². The summed E-state index contributed by atoms with van der Waals surface area (Å²) in [6, 6.07) is 3.11. The van der Waals surface area contributed by atoms with Gasteiger partial charge in [0, 0.05) is 17.0 Å². The number of hydrogen-bond acceptors (Lipinski definition) is 5. The maximum Gasteiger partial charge on any atom is 0.280 e. The number of halogens is 1. The van der Waals surface area contributed by atoms with Crippen LogP contribution in [0.3, 0.4) is 0 Å². The summed E-state index contributed by atoms with van der Waals surface area (Å²) in [7, 11) is 0. The Morgan fingerprint density at radius 2 is 2.11 bits per heavy atom. The van der Waals surface area contributed by atoms with Gasteiger partial charge in [-0.2, -0.15) is 4.98 Å². The molecular formula is C11H9ClN2O3S. The summed E-state index contributed by atoms with van der Waals surface area (Å²) >= 11 is 6.96. The van der Waals surface area contributed by atoms with Crippen molar-refractivity contribution in [1.82, 2.24) is 4.98 Å². The van der Waals surface area contributed by atoms with Gasteiger partial charge in [0.1, 0.15) is 10.9 Å². The lowest BCUT2D eigenvalue weighted by Crippen LogP contribution is -1.95. The van der Waals surface area contributed by atoms with Crippen LogP contribution < -0.4 is 4.74 Å². The van der Waals surface area contributed by atoms with Gasteiger partial charge in [0.05, 0.1) is 4.92 Å². The highest BCUT2D eigenvalue weighted by Gasteiger charge is 2.15. The highest BCUT2D eigenvalue weighted by Crippen LogP contribution is 2.33. The average Bonchev–Trinajstić information content (AvgIpc) is 2.68. The van der Waals surface area contributed by atoms with E-state index >= 15 is 0 Å². The number of benzene rings is 1. The van der Waals surface area contributed by atoms with Crippen LogP contribution in [0, 0.1) is 24.0 Å². The summed E-state index contributed by atoms with van der Waals surface area (Å²) in [5, 5.41) is 13.2. The third-order valence-corrected chi connectivity index (χ3v) is 3.38. The Morgan fingerprint density at radius 1 is 1.39 bits per heavy atom. The van der Waals surface area contributed by atoms with E-state index in [0.717, 1.165) is 0 Å². The molecule has 0 atom stereocenters. The monoisotopic (exact) mass is 284 g/mol. The Balaban J connectivity index is 2.35. The van der Waals surface area contributed by atoms with Gasteiger partial charge in [0.2, 0.25) is 0 Å². The minimum Gasteiger partial charge on any atom is -0.431 e. The third kappa shape index (κ3) is 2.60. The molecule has 0 unspecified atom stereocenters. The van der Waals surface area contributed by atoms with Crippen molar-refractivity contribution in [3.05, 3.63) is 43.9 Å². The Morgan fingerprint density at radius 3 is 2.67 bits per heavy atom. The summed E-state index contributed by atoms with van der Waals surface area (Å²) in [6.45, 7) is 3.41. The maximum absolute atomic E-state index is 10.8. The molecule has 0 aliphatic heterocycles. The van der Waals surface area contributed by atoms with Gasteiger partial charge < -0.3 is 4.74 Å². The number of rotatable bonds is 3. The van der Waals surface area contributed by atoms with Gasteiger partial charge in [-0.3, -0.25) is 10.1 Å². The molecule has 0 aliphatic rings. The van der Waals surface area contributed by atoms with E-state index in [1.807, 2.05) is 0 Å². The number of aromatic nitrogens is 1. The number of nitrogens with zero attached hydrogens (tertiary/aromatic N) is 2. The predicted molar refractivity (Wildman–Crippen MR) is 69.8 cm³/mol. The minimum absolute atomic E-state index is 0.0806. The molecule has 5 nitrogen and oxygen atoms in total. The lowest BCUT2D eigenvalue weighted by atomic mass is 10.1. The van der Waals surface area contributed by atoms with Gasteiger partial charge in [0.15, 0.2) is 0 Å². The predicted octanol–water partition coefficient (Wildman–Crippen LogP) is 4.11. The summed E-state index contributed by atoms with van der Waals surface area (Å²) in [6.07, 6.45) is 0. The van der Waals surface area contributed by atoms with E-state index in [9.17, 15) is 10.1 Å².